The molecule has 0 radical (unpaired) electrons. The third-order valence-electron chi connectivity index (χ3n) is 13.5. The largest absolute Gasteiger partial charge is 0.396 e. The Morgan fingerprint density at radius 2 is 1.59 bits per heavy atom. The number of hydrogen-bond acceptors (Lipinski definition) is 2. The molecule has 0 aromatic heterocycles. The molecule has 0 aromatic carbocycles. The van der Waals surface area contributed by atoms with Gasteiger partial charge in [-0.05, 0) is 109 Å². The summed E-state index contributed by atoms with van der Waals surface area (Å²) in [5, 5.41) is 21.3. The second kappa shape index (κ2) is 7.09. The first kappa shape index (κ1) is 23.4. The summed E-state index contributed by atoms with van der Waals surface area (Å²) >= 11 is 0. The van der Waals surface area contributed by atoms with Gasteiger partial charge in [0.1, 0.15) is 0 Å². The van der Waals surface area contributed by atoms with Gasteiger partial charge in [-0.15, -0.1) is 0 Å². The molecule has 5 aliphatic rings. The molecule has 0 unspecified atom stereocenters. The van der Waals surface area contributed by atoms with E-state index >= 15 is 0 Å². The van der Waals surface area contributed by atoms with E-state index in [4.69, 9.17) is 0 Å². The van der Waals surface area contributed by atoms with Gasteiger partial charge < -0.3 is 10.2 Å². The monoisotopic (exact) mass is 442 g/mol. The molecule has 0 aliphatic heterocycles. The van der Waals surface area contributed by atoms with Crippen molar-refractivity contribution in [2.24, 2.45) is 56.7 Å². The Balaban J connectivity index is 1.59. The number of allylic oxidation sites excluding steroid dienone is 2. The minimum Gasteiger partial charge on any atom is -0.396 e. The lowest BCUT2D eigenvalue weighted by Gasteiger charge is -2.71. The number of aliphatic hydroxyl groups is 2. The van der Waals surface area contributed by atoms with Crippen molar-refractivity contribution >= 4 is 0 Å². The highest BCUT2D eigenvalue weighted by Gasteiger charge is 2.68. The minimum atomic E-state index is -0.361. The van der Waals surface area contributed by atoms with Gasteiger partial charge in [0.25, 0.3) is 0 Å². The molecule has 0 heterocycles. The molecule has 182 valence electrons. The van der Waals surface area contributed by atoms with E-state index in [1.54, 1.807) is 0 Å². The van der Waals surface area contributed by atoms with Crippen LogP contribution in [0.3, 0.4) is 0 Å². The molecule has 5 rings (SSSR count). The highest BCUT2D eigenvalue weighted by molar-refractivity contribution is 5.33. The Hall–Kier alpha value is -0.340. The fourth-order valence-electron chi connectivity index (χ4n) is 10.9. The van der Waals surface area contributed by atoms with E-state index in [9.17, 15) is 10.2 Å². The zero-order valence-corrected chi connectivity index (χ0v) is 22.0. The second-order valence-corrected chi connectivity index (χ2v) is 14.5. The molecule has 5 aliphatic carbocycles. The van der Waals surface area contributed by atoms with Crippen molar-refractivity contribution in [3.63, 3.8) is 0 Å². The van der Waals surface area contributed by atoms with Crippen LogP contribution >= 0.6 is 0 Å². The van der Waals surface area contributed by atoms with E-state index in [1.165, 1.54) is 38.5 Å². The molecule has 32 heavy (non-hydrogen) atoms. The Labute approximate surface area is 197 Å². The summed E-state index contributed by atoms with van der Waals surface area (Å²) in [6.07, 6.45) is 13.5. The number of rotatable bonds is 1. The van der Waals surface area contributed by atoms with Crippen molar-refractivity contribution in [2.75, 3.05) is 6.61 Å². The topological polar surface area (TPSA) is 40.5 Å². The summed E-state index contributed by atoms with van der Waals surface area (Å²) in [4.78, 5) is 0. The Bertz CT molecular complexity index is 803. The van der Waals surface area contributed by atoms with Gasteiger partial charge in [0.2, 0.25) is 0 Å². The molecule has 2 heteroatoms. The molecule has 0 aromatic rings. The molecule has 2 nitrogen and oxygen atoms in total. The van der Waals surface area contributed by atoms with Crippen LogP contribution in [0.25, 0.3) is 0 Å². The lowest BCUT2D eigenvalue weighted by Crippen LogP contribution is -2.65. The fourth-order valence-corrected chi connectivity index (χ4v) is 10.9. The first-order valence-corrected chi connectivity index (χ1v) is 13.9. The highest BCUT2D eigenvalue weighted by atomic mass is 16.3. The van der Waals surface area contributed by atoms with Crippen LogP contribution in [0.1, 0.15) is 106 Å². The summed E-state index contributed by atoms with van der Waals surface area (Å²) in [6, 6.07) is 0. The molecular weight excluding hydrogens is 392 g/mol. The Morgan fingerprint density at radius 3 is 2.28 bits per heavy atom. The van der Waals surface area contributed by atoms with E-state index in [1.807, 2.05) is 5.57 Å². The van der Waals surface area contributed by atoms with E-state index < -0.39 is 0 Å². The normalized spacial score (nSPS) is 59.8. The maximum Gasteiger partial charge on any atom is 0.0618 e. The zero-order valence-electron chi connectivity index (χ0n) is 22.0. The van der Waals surface area contributed by atoms with Crippen LogP contribution in [0.5, 0.6) is 0 Å². The highest BCUT2D eigenvalue weighted by Crippen LogP contribution is 2.75. The van der Waals surface area contributed by atoms with Gasteiger partial charge in [-0.3, -0.25) is 0 Å². The summed E-state index contributed by atoms with van der Waals surface area (Å²) < 4.78 is 0. The van der Waals surface area contributed by atoms with Crippen LogP contribution < -0.4 is 0 Å². The van der Waals surface area contributed by atoms with Gasteiger partial charge in [0.15, 0.2) is 0 Å². The van der Waals surface area contributed by atoms with Crippen LogP contribution in [0.4, 0.5) is 0 Å². The van der Waals surface area contributed by atoms with E-state index in [0.717, 1.165) is 37.0 Å². The first-order valence-electron chi connectivity index (χ1n) is 13.9. The van der Waals surface area contributed by atoms with Crippen molar-refractivity contribution < 1.29 is 10.2 Å². The van der Waals surface area contributed by atoms with Crippen LogP contribution in [0.15, 0.2) is 11.6 Å². The van der Waals surface area contributed by atoms with Gasteiger partial charge in [0.05, 0.1) is 12.7 Å². The standard InChI is InChI=1S/C30H50O2/c1-19-10-13-26(3)16-17-29(6)21(25(26)20(19)2)8-9-23-27(4)14-12-24(32)28(5,18-31)22(27)11-15-30(23,29)7/h8,19-20,22-25,31-32H,9-18H2,1-7H3/t19-,20+,22-,23-,24-,25+,26-,27+,28+,29-,30-/m1/s1. The Morgan fingerprint density at radius 1 is 0.875 bits per heavy atom. The van der Waals surface area contributed by atoms with Crippen molar-refractivity contribution in [3.05, 3.63) is 11.6 Å². The third-order valence-corrected chi connectivity index (χ3v) is 13.5. The van der Waals surface area contributed by atoms with Crippen molar-refractivity contribution in [1.82, 2.24) is 0 Å². The number of fused-ring (bicyclic) bond motifs is 7. The van der Waals surface area contributed by atoms with Crippen molar-refractivity contribution in [3.8, 4) is 0 Å². The molecule has 0 saturated heterocycles. The van der Waals surface area contributed by atoms with Gasteiger partial charge >= 0.3 is 0 Å². The van der Waals surface area contributed by atoms with E-state index in [-0.39, 0.29) is 23.5 Å². The summed E-state index contributed by atoms with van der Waals surface area (Å²) in [5.41, 5.74) is 2.81. The average Bonchev–Trinajstić information content (AvgIpc) is 2.75. The first-order chi connectivity index (χ1) is 14.9. The Kier molecular flexibility index (Phi) is 5.19. The molecule has 2 N–H and O–H groups in total. The maximum atomic E-state index is 10.9. The number of hydrogen-bond donors (Lipinski definition) is 2. The average molecular weight is 443 g/mol. The van der Waals surface area contributed by atoms with E-state index in [2.05, 4.69) is 54.5 Å². The molecule has 0 amide bonds. The summed E-state index contributed by atoms with van der Waals surface area (Å²) in [5.74, 6) is 3.45. The van der Waals surface area contributed by atoms with Crippen molar-refractivity contribution in [1.29, 1.82) is 0 Å². The van der Waals surface area contributed by atoms with Gasteiger partial charge in [0, 0.05) is 5.41 Å². The molecule has 0 bridgehead atoms. The zero-order chi connectivity index (χ0) is 23.3. The van der Waals surface area contributed by atoms with Crippen LogP contribution in [-0.4, -0.2) is 22.9 Å². The number of aliphatic hydroxyl groups excluding tert-OH is 2. The molecular formula is C30H50O2. The molecule has 0 spiro atoms. The molecule has 4 saturated carbocycles. The van der Waals surface area contributed by atoms with Crippen molar-refractivity contribution in [2.45, 2.75) is 112 Å². The molecule has 4 fully saturated rings. The van der Waals surface area contributed by atoms with Gasteiger partial charge in [-0.1, -0.05) is 60.1 Å². The van der Waals surface area contributed by atoms with E-state index in [0.29, 0.717) is 28.1 Å². The smallest absolute Gasteiger partial charge is 0.0618 e. The van der Waals surface area contributed by atoms with Crippen LogP contribution in [0.2, 0.25) is 0 Å². The maximum absolute atomic E-state index is 10.9. The fraction of sp³-hybridized carbons (Fsp3) is 0.933. The molecule has 11 atom stereocenters. The summed E-state index contributed by atoms with van der Waals surface area (Å²) in [6.45, 7) is 17.8. The second-order valence-electron chi connectivity index (χ2n) is 14.5. The van der Waals surface area contributed by atoms with Gasteiger partial charge in [-0.2, -0.15) is 0 Å². The SMILES string of the molecule is C[C@H]1[C@H](C)CC[C@]2(C)CC[C@]3(C)C(=CC[C@@H]4[C@@]5(C)CC[C@@H](O)[C@@](C)(CO)[C@@H]5CC[C@]43C)[C@H]12. The predicted octanol–water partition coefficient (Wildman–Crippen LogP) is 7.00. The lowest BCUT2D eigenvalue weighted by molar-refractivity contribution is -0.215. The predicted molar refractivity (Wildman–Crippen MR) is 132 cm³/mol. The van der Waals surface area contributed by atoms with Crippen LogP contribution in [0, 0.1) is 56.7 Å². The minimum absolute atomic E-state index is 0.117. The lowest BCUT2D eigenvalue weighted by atomic mass is 9.33. The van der Waals surface area contributed by atoms with Crippen LogP contribution in [-0.2, 0) is 0 Å². The third kappa shape index (κ3) is 2.66. The van der Waals surface area contributed by atoms with Gasteiger partial charge in [-0.25, -0.2) is 0 Å². The quantitative estimate of drug-likeness (QED) is 0.429. The summed E-state index contributed by atoms with van der Waals surface area (Å²) in [7, 11) is 0.